The number of carbonyl (C=O) groups excluding carboxylic acids is 1. The fourth-order valence-corrected chi connectivity index (χ4v) is 3.47. The largest absolute Gasteiger partial charge is 0.353 e. The van der Waals surface area contributed by atoms with E-state index in [-0.39, 0.29) is 11.9 Å². The van der Waals surface area contributed by atoms with Crippen molar-refractivity contribution in [1.29, 1.82) is 0 Å². The highest BCUT2D eigenvalue weighted by molar-refractivity contribution is 6.53. The summed E-state index contributed by atoms with van der Waals surface area (Å²) in [4.78, 5) is 12.2. The van der Waals surface area contributed by atoms with Gasteiger partial charge < -0.3 is 5.32 Å². The molecule has 98 valence electrons. The molecule has 0 aromatic carbocycles. The number of hydrogen-bond acceptors (Lipinski definition) is 1. The van der Waals surface area contributed by atoms with Crippen molar-refractivity contribution < 1.29 is 4.79 Å². The highest BCUT2D eigenvalue weighted by Gasteiger charge is 2.68. The number of halogens is 2. The number of rotatable bonds is 2. The summed E-state index contributed by atoms with van der Waals surface area (Å²) < 4.78 is -0.861. The average molecular weight is 278 g/mol. The lowest BCUT2D eigenvalue weighted by atomic mass is 9.78. The second kappa shape index (κ2) is 4.31. The maximum Gasteiger partial charge on any atom is 0.229 e. The number of carbonyl (C=O) groups is 1. The Balaban J connectivity index is 1.95. The van der Waals surface area contributed by atoms with Crippen molar-refractivity contribution >= 4 is 29.1 Å². The van der Waals surface area contributed by atoms with Crippen LogP contribution in [0.2, 0.25) is 0 Å². The molecule has 2 saturated carbocycles. The van der Waals surface area contributed by atoms with E-state index < -0.39 is 9.75 Å². The Bertz CT molecular complexity index is 331. The molecule has 1 N–H and O–H groups in total. The summed E-state index contributed by atoms with van der Waals surface area (Å²) in [5.74, 6) is 1.24. The number of hydrogen-bond donors (Lipinski definition) is 1. The van der Waals surface area contributed by atoms with Crippen LogP contribution < -0.4 is 5.32 Å². The van der Waals surface area contributed by atoms with Crippen LogP contribution in [0.5, 0.6) is 0 Å². The van der Waals surface area contributed by atoms with Crippen LogP contribution in [0.25, 0.3) is 0 Å². The van der Waals surface area contributed by atoms with Crippen LogP contribution >= 0.6 is 23.2 Å². The number of nitrogens with one attached hydrogen (secondary N) is 1. The third-order valence-electron chi connectivity index (χ3n) is 4.78. The van der Waals surface area contributed by atoms with Crippen molar-refractivity contribution in [2.75, 3.05) is 0 Å². The van der Waals surface area contributed by atoms with Gasteiger partial charge in [0.2, 0.25) is 5.91 Å². The number of amides is 1. The lowest BCUT2D eigenvalue weighted by molar-refractivity contribution is -0.127. The quantitative estimate of drug-likeness (QED) is 0.769. The zero-order valence-corrected chi connectivity index (χ0v) is 12.2. The van der Waals surface area contributed by atoms with Gasteiger partial charge in [-0.05, 0) is 31.6 Å². The Morgan fingerprint density at radius 2 is 1.88 bits per heavy atom. The molecule has 0 radical (unpaired) electrons. The van der Waals surface area contributed by atoms with Crippen molar-refractivity contribution in [2.24, 2.45) is 17.3 Å². The van der Waals surface area contributed by atoms with Gasteiger partial charge in [0.25, 0.3) is 0 Å². The van der Waals surface area contributed by atoms with Gasteiger partial charge in [0.1, 0.15) is 4.33 Å². The first-order valence-corrected chi connectivity index (χ1v) is 7.22. The standard InChI is InChI=1S/C13H21Cl2NO/c1-8-5-4-6-10(9(8)2)16-11(17)12(3)7-13(12,14)15/h8-10H,4-7H2,1-3H3,(H,16,17). The van der Waals surface area contributed by atoms with Gasteiger partial charge in [0, 0.05) is 6.04 Å². The first-order chi connectivity index (χ1) is 7.78. The molecule has 4 heteroatoms. The molecule has 17 heavy (non-hydrogen) atoms. The van der Waals surface area contributed by atoms with E-state index in [2.05, 4.69) is 19.2 Å². The fraction of sp³-hybridized carbons (Fsp3) is 0.923. The van der Waals surface area contributed by atoms with E-state index in [4.69, 9.17) is 23.2 Å². The van der Waals surface area contributed by atoms with E-state index in [1.165, 1.54) is 12.8 Å². The minimum Gasteiger partial charge on any atom is -0.353 e. The van der Waals surface area contributed by atoms with Crippen molar-refractivity contribution in [3.63, 3.8) is 0 Å². The summed E-state index contributed by atoms with van der Waals surface area (Å²) in [7, 11) is 0. The van der Waals surface area contributed by atoms with Crippen molar-refractivity contribution in [3.05, 3.63) is 0 Å². The first kappa shape index (κ1) is 13.5. The molecular formula is C13H21Cl2NO. The molecule has 0 saturated heterocycles. The lowest BCUT2D eigenvalue weighted by Crippen LogP contribution is -2.46. The summed E-state index contributed by atoms with van der Waals surface area (Å²) in [6.07, 6.45) is 4.09. The predicted octanol–water partition coefficient (Wildman–Crippen LogP) is 3.51. The molecule has 2 nitrogen and oxygen atoms in total. The van der Waals surface area contributed by atoms with Crippen LogP contribution in [-0.4, -0.2) is 16.3 Å². The van der Waals surface area contributed by atoms with Crippen LogP contribution in [0.3, 0.4) is 0 Å². The van der Waals surface area contributed by atoms with Crippen LogP contribution in [0.15, 0.2) is 0 Å². The Labute approximate surface area is 113 Å². The highest BCUT2D eigenvalue weighted by atomic mass is 35.5. The summed E-state index contributed by atoms with van der Waals surface area (Å²) in [6.45, 7) is 6.33. The van der Waals surface area contributed by atoms with Gasteiger partial charge in [-0.1, -0.05) is 26.7 Å². The highest BCUT2D eigenvalue weighted by Crippen LogP contribution is 2.63. The monoisotopic (exact) mass is 277 g/mol. The molecule has 2 aliphatic carbocycles. The van der Waals surface area contributed by atoms with Gasteiger partial charge in [-0.3, -0.25) is 4.79 Å². The van der Waals surface area contributed by atoms with Gasteiger partial charge in [-0.25, -0.2) is 0 Å². The minimum atomic E-state index is -0.861. The second-order valence-corrected chi connectivity index (χ2v) is 7.54. The molecule has 4 atom stereocenters. The van der Waals surface area contributed by atoms with E-state index in [1.54, 1.807) is 0 Å². The van der Waals surface area contributed by atoms with E-state index in [9.17, 15) is 4.79 Å². The predicted molar refractivity (Wildman–Crippen MR) is 71.3 cm³/mol. The van der Waals surface area contributed by atoms with E-state index in [1.807, 2.05) is 6.92 Å². The van der Waals surface area contributed by atoms with Gasteiger partial charge in [-0.15, -0.1) is 23.2 Å². The molecule has 0 heterocycles. The molecule has 0 aliphatic heterocycles. The van der Waals surface area contributed by atoms with E-state index in [0.29, 0.717) is 18.3 Å². The molecule has 0 aromatic heterocycles. The Kier molecular flexibility index (Phi) is 3.42. The molecule has 1 amide bonds. The topological polar surface area (TPSA) is 29.1 Å². The SMILES string of the molecule is CC1CCCC(NC(=O)C2(C)CC2(Cl)Cl)C1C. The smallest absolute Gasteiger partial charge is 0.229 e. The maximum absolute atomic E-state index is 12.2. The van der Waals surface area contributed by atoms with Gasteiger partial charge in [0.15, 0.2) is 0 Å². The van der Waals surface area contributed by atoms with Crippen LogP contribution in [0, 0.1) is 17.3 Å². The Morgan fingerprint density at radius 1 is 1.29 bits per heavy atom. The third-order valence-corrected chi connectivity index (χ3v) is 5.88. The van der Waals surface area contributed by atoms with Crippen molar-refractivity contribution in [1.82, 2.24) is 5.32 Å². The van der Waals surface area contributed by atoms with Gasteiger partial charge in [-0.2, -0.15) is 0 Å². The summed E-state index contributed by atoms with van der Waals surface area (Å²) >= 11 is 12.1. The van der Waals surface area contributed by atoms with Gasteiger partial charge >= 0.3 is 0 Å². The zero-order chi connectivity index (χ0) is 12.8. The zero-order valence-electron chi connectivity index (χ0n) is 10.7. The molecule has 0 bridgehead atoms. The Morgan fingerprint density at radius 3 is 2.41 bits per heavy atom. The molecule has 0 spiro atoms. The normalized spacial score (nSPS) is 44.2. The van der Waals surface area contributed by atoms with Crippen LogP contribution in [0.1, 0.15) is 46.5 Å². The molecule has 2 rings (SSSR count). The van der Waals surface area contributed by atoms with Gasteiger partial charge in [0.05, 0.1) is 5.41 Å². The summed E-state index contributed by atoms with van der Waals surface area (Å²) in [5, 5.41) is 3.15. The first-order valence-electron chi connectivity index (χ1n) is 6.47. The molecule has 2 fully saturated rings. The minimum absolute atomic E-state index is 0.0217. The third kappa shape index (κ3) is 2.31. The average Bonchev–Trinajstić information content (AvgIpc) is 2.75. The molecule has 4 unspecified atom stereocenters. The fourth-order valence-electron chi connectivity index (χ4n) is 2.76. The molecule has 2 aliphatic rings. The van der Waals surface area contributed by atoms with Crippen LogP contribution in [-0.2, 0) is 4.79 Å². The number of alkyl halides is 2. The van der Waals surface area contributed by atoms with Crippen molar-refractivity contribution in [3.8, 4) is 0 Å². The summed E-state index contributed by atoms with van der Waals surface area (Å²) in [5.41, 5.74) is -0.587. The summed E-state index contributed by atoms with van der Waals surface area (Å²) in [6, 6.07) is 0.285. The van der Waals surface area contributed by atoms with Crippen molar-refractivity contribution in [2.45, 2.75) is 56.8 Å². The van der Waals surface area contributed by atoms with E-state index >= 15 is 0 Å². The second-order valence-electron chi connectivity index (χ2n) is 6.06. The van der Waals surface area contributed by atoms with Crippen LogP contribution in [0.4, 0.5) is 0 Å². The maximum atomic E-state index is 12.2. The Hall–Kier alpha value is 0.0500. The molecular weight excluding hydrogens is 257 g/mol. The molecule has 0 aromatic rings. The lowest BCUT2D eigenvalue weighted by Gasteiger charge is -2.35. The van der Waals surface area contributed by atoms with E-state index in [0.717, 1.165) is 6.42 Å².